The summed E-state index contributed by atoms with van der Waals surface area (Å²) in [6.07, 6.45) is 3.14. The number of methoxy groups -OCH3 is 1. The van der Waals surface area contributed by atoms with E-state index in [1.165, 1.54) is 7.11 Å². The number of aryl methyl sites for hydroxylation is 2. The van der Waals surface area contributed by atoms with Gasteiger partial charge >= 0.3 is 5.97 Å². The highest BCUT2D eigenvalue weighted by Gasteiger charge is 2.20. The topological polar surface area (TPSA) is 91.0 Å². The quantitative estimate of drug-likeness (QED) is 0.835. The predicted molar refractivity (Wildman–Crippen MR) is 75.1 cm³/mol. The lowest BCUT2D eigenvalue weighted by Gasteiger charge is -2.06. The number of amides is 1. The first-order valence-corrected chi connectivity index (χ1v) is 6.59. The second-order valence-corrected chi connectivity index (χ2v) is 4.22. The molecule has 8 heteroatoms. The number of aromatic nitrogens is 4. The lowest BCUT2D eigenvalue weighted by atomic mass is 10.3. The maximum absolute atomic E-state index is 12.3. The number of hydrogen-bond acceptors (Lipinski definition) is 5. The van der Waals surface area contributed by atoms with Crippen LogP contribution in [0, 0.1) is 0 Å². The molecule has 0 aliphatic rings. The van der Waals surface area contributed by atoms with E-state index in [2.05, 4.69) is 20.3 Å². The van der Waals surface area contributed by atoms with Gasteiger partial charge in [0.25, 0.3) is 5.91 Å². The highest BCUT2D eigenvalue weighted by Crippen LogP contribution is 2.16. The molecule has 0 fully saturated rings. The SMILES string of the molecule is CCn1cc(NC(=O)c2ccnn2CC)c(C(=O)OC)n1. The molecule has 0 saturated carbocycles. The van der Waals surface area contributed by atoms with Gasteiger partial charge in [-0.15, -0.1) is 0 Å². The molecule has 0 aliphatic carbocycles. The molecule has 0 aromatic carbocycles. The summed E-state index contributed by atoms with van der Waals surface area (Å²) in [5, 5.41) is 10.8. The second-order valence-electron chi connectivity index (χ2n) is 4.22. The minimum absolute atomic E-state index is 0.0789. The van der Waals surface area contributed by atoms with Gasteiger partial charge in [-0.1, -0.05) is 0 Å². The summed E-state index contributed by atoms with van der Waals surface area (Å²) in [6.45, 7) is 4.92. The monoisotopic (exact) mass is 291 g/mol. The molecule has 0 atom stereocenters. The summed E-state index contributed by atoms with van der Waals surface area (Å²) in [6, 6.07) is 1.61. The molecular formula is C13H17N5O3. The molecule has 112 valence electrons. The van der Waals surface area contributed by atoms with E-state index >= 15 is 0 Å². The van der Waals surface area contributed by atoms with Gasteiger partial charge in [0.05, 0.1) is 12.8 Å². The third-order valence-corrected chi connectivity index (χ3v) is 2.96. The molecule has 2 aromatic rings. The van der Waals surface area contributed by atoms with E-state index < -0.39 is 5.97 Å². The Balaban J connectivity index is 2.28. The Kier molecular flexibility index (Phi) is 4.36. The van der Waals surface area contributed by atoms with Crippen LogP contribution in [-0.4, -0.2) is 38.5 Å². The molecule has 0 bridgehead atoms. The van der Waals surface area contributed by atoms with Crippen LogP contribution < -0.4 is 5.32 Å². The zero-order valence-corrected chi connectivity index (χ0v) is 12.2. The standard InChI is InChI=1S/C13H17N5O3/c1-4-17-8-9(11(16-17)13(20)21-3)15-12(19)10-6-7-14-18(10)5-2/h6-8H,4-5H2,1-3H3,(H,15,19). The summed E-state index contributed by atoms with van der Waals surface area (Å²) in [4.78, 5) is 23.9. The first kappa shape index (κ1) is 14.8. The maximum atomic E-state index is 12.3. The average molecular weight is 291 g/mol. The fourth-order valence-corrected chi connectivity index (χ4v) is 1.89. The molecule has 0 aliphatic heterocycles. The van der Waals surface area contributed by atoms with Crippen molar-refractivity contribution >= 4 is 17.6 Å². The molecular weight excluding hydrogens is 274 g/mol. The molecule has 0 spiro atoms. The van der Waals surface area contributed by atoms with Gasteiger partial charge in [0, 0.05) is 25.5 Å². The molecule has 2 heterocycles. The Labute approximate surface area is 121 Å². The highest BCUT2D eigenvalue weighted by molar-refractivity contribution is 6.06. The van der Waals surface area contributed by atoms with Crippen molar-refractivity contribution in [3.8, 4) is 0 Å². The van der Waals surface area contributed by atoms with Crippen molar-refractivity contribution in [3.63, 3.8) is 0 Å². The molecule has 0 radical (unpaired) electrons. The van der Waals surface area contributed by atoms with Gasteiger partial charge in [0.15, 0.2) is 5.69 Å². The van der Waals surface area contributed by atoms with E-state index in [0.29, 0.717) is 24.5 Å². The summed E-state index contributed by atoms with van der Waals surface area (Å²) >= 11 is 0. The van der Waals surface area contributed by atoms with Crippen molar-refractivity contribution < 1.29 is 14.3 Å². The lowest BCUT2D eigenvalue weighted by molar-refractivity contribution is 0.0594. The van der Waals surface area contributed by atoms with Crippen molar-refractivity contribution in [1.29, 1.82) is 0 Å². The van der Waals surface area contributed by atoms with Crippen LogP contribution in [0.25, 0.3) is 0 Å². The van der Waals surface area contributed by atoms with Crippen molar-refractivity contribution in [1.82, 2.24) is 19.6 Å². The lowest BCUT2D eigenvalue weighted by Crippen LogP contribution is -2.18. The number of rotatable bonds is 5. The molecule has 0 saturated heterocycles. The number of esters is 1. The Morgan fingerprint density at radius 1 is 1.33 bits per heavy atom. The molecule has 0 unspecified atom stereocenters. The van der Waals surface area contributed by atoms with Gasteiger partial charge in [0.2, 0.25) is 0 Å². The van der Waals surface area contributed by atoms with Gasteiger partial charge in [-0.05, 0) is 19.9 Å². The van der Waals surface area contributed by atoms with Crippen LogP contribution in [0.4, 0.5) is 5.69 Å². The molecule has 2 aromatic heterocycles. The summed E-state index contributed by atoms with van der Waals surface area (Å²) < 4.78 is 7.79. The Bertz CT molecular complexity index is 659. The normalized spacial score (nSPS) is 10.4. The van der Waals surface area contributed by atoms with Crippen LogP contribution in [0.15, 0.2) is 18.5 Å². The van der Waals surface area contributed by atoms with Gasteiger partial charge in [-0.3, -0.25) is 14.2 Å². The molecule has 21 heavy (non-hydrogen) atoms. The number of ether oxygens (including phenoxy) is 1. The van der Waals surface area contributed by atoms with Gasteiger partial charge in [-0.2, -0.15) is 10.2 Å². The highest BCUT2D eigenvalue weighted by atomic mass is 16.5. The summed E-state index contributed by atoms with van der Waals surface area (Å²) in [7, 11) is 1.27. The van der Waals surface area contributed by atoms with Crippen LogP contribution in [-0.2, 0) is 17.8 Å². The third kappa shape index (κ3) is 2.93. The van der Waals surface area contributed by atoms with E-state index in [4.69, 9.17) is 0 Å². The number of carbonyl (C=O) groups excluding carboxylic acids is 2. The van der Waals surface area contributed by atoms with Crippen LogP contribution in [0.5, 0.6) is 0 Å². The van der Waals surface area contributed by atoms with Gasteiger partial charge < -0.3 is 10.1 Å². The van der Waals surface area contributed by atoms with E-state index in [0.717, 1.165) is 0 Å². The van der Waals surface area contributed by atoms with E-state index in [-0.39, 0.29) is 11.6 Å². The maximum Gasteiger partial charge on any atom is 0.360 e. The zero-order valence-electron chi connectivity index (χ0n) is 12.2. The number of hydrogen-bond donors (Lipinski definition) is 1. The van der Waals surface area contributed by atoms with Crippen molar-refractivity contribution in [2.75, 3.05) is 12.4 Å². The first-order valence-electron chi connectivity index (χ1n) is 6.59. The number of carbonyl (C=O) groups is 2. The van der Waals surface area contributed by atoms with Gasteiger partial charge in [0.1, 0.15) is 5.69 Å². The fourth-order valence-electron chi connectivity index (χ4n) is 1.89. The van der Waals surface area contributed by atoms with E-state index in [9.17, 15) is 9.59 Å². The summed E-state index contributed by atoms with van der Waals surface area (Å²) in [5.74, 6) is -0.948. The zero-order chi connectivity index (χ0) is 15.4. The van der Waals surface area contributed by atoms with E-state index in [1.807, 2.05) is 13.8 Å². The van der Waals surface area contributed by atoms with Gasteiger partial charge in [-0.25, -0.2) is 4.79 Å². The third-order valence-electron chi connectivity index (χ3n) is 2.96. The smallest absolute Gasteiger partial charge is 0.360 e. The molecule has 8 nitrogen and oxygen atoms in total. The van der Waals surface area contributed by atoms with Crippen LogP contribution >= 0.6 is 0 Å². The predicted octanol–water partition coefficient (Wildman–Crippen LogP) is 1.16. The van der Waals surface area contributed by atoms with Crippen molar-refractivity contribution in [2.24, 2.45) is 0 Å². The number of anilines is 1. The van der Waals surface area contributed by atoms with Crippen LogP contribution in [0.1, 0.15) is 34.8 Å². The van der Waals surface area contributed by atoms with Crippen LogP contribution in [0.2, 0.25) is 0 Å². The first-order chi connectivity index (χ1) is 10.1. The Morgan fingerprint density at radius 2 is 2.10 bits per heavy atom. The van der Waals surface area contributed by atoms with Crippen molar-refractivity contribution in [3.05, 3.63) is 29.8 Å². The average Bonchev–Trinajstić information content (AvgIpc) is 3.12. The van der Waals surface area contributed by atoms with Crippen molar-refractivity contribution in [2.45, 2.75) is 26.9 Å². The minimum atomic E-state index is -0.596. The minimum Gasteiger partial charge on any atom is -0.464 e. The second kappa shape index (κ2) is 6.21. The largest absolute Gasteiger partial charge is 0.464 e. The number of nitrogens with one attached hydrogen (secondary N) is 1. The van der Waals surface area contributed by atoms with Crippen LogP contribution in [0.3, 0.4) is 0 Å². The van der Waals surface area contributed by atoms with E-state index in [1.54, 1.807) is 27.8 Å². The summed E-state index contributed by atoms with van der Waals surface area (Å²) in [5.41, 5.74) is 0.811. The Hall–Kier alpha value is -2.64. The Morgan fingerprint density at radius 3 is 2.71 bits per heavy atom. The molecule has 1 N–H and O–H groups in total. The molecule has 1 amide bonds. The fraction of sp³-hybridized carbons (Fsp3) is 0.385. The number of nitrogens with zero attached hydrogens (tertiary/aromatic N) is 4. The molecule has 2 rings (SSSR count).